The van der Waals surface area contributed by atoms with Gasteiger partial charge in [0.15, 0.2) is 0 Å². The third kappa shape index (κ3) is 3.00. The topological polar surface area (TPSA) is 15.3 Å². The van der Waals surface area contributed by atoms with Crippen LogP contribution in [0.4, 0.5) is 0 Å². The van der Waals surface area contributed by atoms with Crippen molar-refractivity contribution in [1.82, 2.24) is 10.2 Å². The van der Waals surface area contributed by atoms with E-state index in [9.17, 15) is 0 Å². The number of nitrogens with zero attached hydrogens (tertiary/aromatic N) is 1. The molecule has 2 unspecified atom stereocenters. The smallest absolute Gasteiger partial charge is 0.0335 e. The molecule has 112 valence electrons. The normalized spacial score (nSPS) is 33.3. The Morgan fingerprint density at radius 3 is 2.32 bits per heavy atom. The van der Waals surface area contributed by atoms with Gasteiger partial charge in [0.05, 0.1) is 0 Å². The molecule has 1 saturated carbocycles. The Hall–Kier alpha value is -0.0800. The Morgan fingerprint density at radius 2 is 1.84 bits per heavy atom. The van der Waals surface area contributed by atoms with Gasteiger partial charge in [-0.15, -0.1) is 0 Å². The van der Waals surface area contributed by atoms with Crippen molar-refractivity contribution in [2.45, 2.75) is 77.8 Å². The molecule has 0 amide bonds. The Morgan fingerprint density at radius 1 is 1.21 bits per heavy atom. The molecule has 1 aliphatic carbocycles. The summed E-state index contributed by atoms with van der Waals surface area (Å²) in [7, 11) is 0. The van der Waals surface area contributed by atoms with Crippen LogP contribution in [-0.2, 0) is 0 Å². The average molecular weight is 266 g/mol. The molecule has 1 saturated heterocycles. The lowest BCUT2D eigenvalue weighted by molar-refractivity contribution is -0.0113. The van der Waals surface area contributed by atoms with Gasteiger partial charge < -0.3 is 5.32 Å². The fraction of sp³-hybridized carbons (Fsp3) is 1.00. The fourth-order valence-electron chi connectivity index (χ4n) is 3.69. The Kier molecular flexibility index (Phi) is 4.62. The van der Waals surface area contributed by atoms with Crippen molar-refractivity contribution in [2.75, 3.05) is 19.6 Å². The standard InChI is InChI=1S/C17H34N2/c1-6-14(4)11-19-13-17(7-2,8-3)18-12-16(19,5)15-9-10-15/h14-15,18H,6-13H2,1-5H3. The van der Waals surface area contributed by atoms with E-state index in [-0.39, 0.29) is 0 Å². The van der Waals surface area contributed by atoms with Crippen molar-refractivity contribution in [3.05, 3.63) is 0 Å². The lowest BCUT2D eigenvalue weighted by Crippen LogP contribution is -2.70. The molecule has 2 heteroatoms. The summed E-state index contributed by atoms with van der Waals surface area (Å²) in [5, 5.41) is 3.92. The lowest BCUT2D eigenvalue weighted by atomic mass is 9.81. The summed E-state index contributed by atoms with van der Waals surface area (Å²) in [4.78, 5) is 2.85. The molecule has 2 atom stereocenters. The van der Waals surface area contributed by atoms with Crippen LogP contribution in [0.3, 0.4) is 0 Å². The van der Waals surface area contributed by atoms with Gasteiger partial charge in [0.1, 0.15) is 0 Å². The van der Waals surface area contributed by atoms with Crippen LogP contribution in [0.25, 0.3) is 0 Å². The van der Waals surface area contributed by atoms with Gasteiger partial charge in [-0.25, -0.2) is 0 Å². The highest BCUT2D eigenvalue weighted by molar-refractivity contribution is 5.08. The molecule has 0 aromatic rings. The Balaban J connectivity index is 2.13. The molecule has 19 heavy (non-hydrogen) atoms. The van der Waals surface area contributed by atoms with E-state index in [0.29, 0.717) is 11.1 Å². The third-order valence-corrected chi connectivity index (χ3v) is 6.08. The van der Waals surface area contributed by atoms with Crippen molar-refractivity contribution in [1.29, 1.82) is 0 Å². The molecule has 0 radical (unpaired) electrons. The molecule has 0 aromatic heterocycles. The van der Waals surface area contributed by atoms with Gasteiger partial charge in [0.2, 0.25) is 0 Å². The predicted octanol–water partition coefficient (Wildman–Crippen LogP) is 3.67. The van der Waals surface area contributed by atoms with Crippen molar-refractivity contribution >= 4 is 0 Å². The Labute approximate surface area is 120 Å². The SMILES string of the molecule is CCC(C)CN1CC(CC)(CC)NCC1(C)C1CC1. The molecule has 0 aromatic carbocycles. The summed E-state index contributed by atoms with van der Waals surface area (Å²) in [5.74, 6) is 1.76. The minimum Gasteiger partial charge on any atom is -0.308 e. The van der Waals surface area contributed by atoms with Crippen LogP contribution >= 0.6 is 0 Å². The predicted molar refractivity (Wildman–Crippen MR) is 83.5 cm³/mol. The zero-order chi connectivity index (χ0) is 14.1. The minimum absolute atomic E-state index is 0.363. The molecule has 2 nitrogen and oxygen atoms in total. The Bertz CT molecular complexity index is 294. The van der Waals surface area contributed by atoms with Gasteiger partial charge in [-0.1, -0.05) is 34.1 Å². The van der Waals surface area contributed by atoms with Gasteiger partial charge in [-0.05, 0) is 44.4 Å². The van der Waals surface area contributed by atoms with E-state index < -0.39 is 0 Å². The van der Waals surface area contributed by atoms with Crippen LogP contribution in [0.1, 0.15) is 66.7 Å². The van der Waals surface area contributed by atoms with Gasteiger partial charge in [-0.3, -0.25) is 4.90 Å². The number of hydrogen-bond acceptors (Lipinski definition) is 2. The third-order valence-electron chi connectivity index (χ3n) is 6.08. The molecule has 2 rings (SSSR count). The number of nitrogens with one attached hydrogen (secondary N) is 1. The first-order chi connectivity index (χ1) is 8.99. The quantitative estimate of drug-likeness (QED) is 0.789. The maximum Gasteiger partial charge on any atom is 0.0335 e. The molecular formula is C17H34N2. The zero-order valence-corrected chi connectivity index (χ0v) is 13.8. The van der Waals surface area contributed by atoms with Crippen molar-refractivity contribution in [3.8, 4) is 0 Å². The van der Waals surface area contributed by atoms with Gasteiger partial charge in [-0.2, -0.15) is 0 Å². The molecule has 1 heterocycles. The van der Waals surface area contributed by atoms with Crippen molar-refractivity contribution < 1.29 is 0 Å². The van der Waals surface area contributed by atoms with E-state index in [1.807, 2.05) is 0 Å². The van der Waals surface area contributed by atoms with Gasteiger partial charge >= 0.3 is 0 Å². The number of hydrogen-bond donors (Lipinski definition) is 1. The summed E-state index contributed by atoms with van der Waals surface area (Å²) in [5.41, 5.74) is 0.777. The summed E-state index contributed by atoms with van der Waals surface area (Å²) in [6.07, 6.45) is 6.69. The monoisotopic (exact) mass is 266 g/mol. The second-order valence-electron chi connectivity index (χ2n) is 7.37. The largest absolute Gasteiger partial charge is 0.308 e. The zero-order valence-electron chi connectivity index (χ0n) is 13.8. The second-order valence-corrected chi connectivity index (χ2v) is 7.37. The van der Waals surface area contributed by atoms with Crippen molar-refractivity contribution in [2.24, 2.45) is 11.8 Å². The van der Waals surface area contributed by atoms with Crippen LogP contribution in [0, 0.1) is 11.8 Å². The van der Waals surface area contributed by atoms with E-state index in [1.165, 1.54) is 51.7 Å². The molecule has 0 bridgehead atoms. The van der Waals surface area contributed by atoms with E-state index >= 15 is 0 Å². The van der Waals surface area contributed by atoms with Crippen LogP contribution < -0.4 is 5.32 Å². The van der Waals surface area contributed by atoms with Crippen LogP contribution in [0.2, 0.25) is 0 Å². The lowest BCUT2D eigenvalue weighted by Gasteiger charge is -2.54. The van der Waals surface area contributed by atoms with E-state index in [4.69, 9.17) is 0 Å². The van der Waals surface area contributed by atoms with E-state index in [0.717, 1.165) is 11.8 Å². The highest BCUT2D eigenvalue weighted by Gasteiger charge is 2.50. The highest BCUT2D eigenvalue weighted by atomic mass is 15.3. The summed E-state index contributed by atoms with van der Waals surface area (Å²) < 4.78 is 0. The highest BCUT2D eigenvalue weighted by Crippen LogP contribution is 2.45. The average Bonchev–Trinajstić information content (AvgIpc) is 3.26. The fourth-order valence-corrected chi connectivity index (χ4v) is 3.69. The maximum absolute atomic E-state index is 3.92. The first kappa shape index (κ1) is 15.3. The van der Waals surface area contributed by atoms with E-state index in [2.05, 4.69) is 44.8 Å². The molecular weight excluding hydrogens is 232 g/mol. The number of piperazine rings is 1. The maximum atomic E-state index is 3.92. The van der Waals surface area contributed by atoms with Crippen LogP contribution in [0.15, 0.2) is 0 Å². The molecule has 2 fully saturated rings. The molecule has 1 aliphatic heterocycles. The molecule has 2 aliphatic rings. The molecule has 0 spiro atoms. The van der Waals surface area contributed by atoms with Gasteiger partial charge in [0.25, 0.3) is 0 Å². The van der Waals surface area contributed by atoms with E-state index in [1.54, 1.807) is 0 Å². The second kappa shape index (κ2) is 5.73. The summed E-state index contributed by atoms with van der Waals surface area (Å²) in [6, 6.07) is 0. The minimum atomic E-state index is 0.363. The first-order valence-electron chi connectivity index (χ1n) is 8.49. The van der Waals surface area contributed by atoms with Crippen LogP contribution in [0.5, 0.6) is 0 Å². The number of rotatable bonds is 6. The van der Waals surface area contributed by atoms with Crippen LogP contribution in [-0.4, -0.2) is 35.6 Å². The summed E-state index contributed by atoms with van der Waals surface area (Å²) in [6.45, 7) is 15.7. The van der Waals surface area contributed by atoms with Gasteiger partial charge in [0, 0.05) is 30.7 Å². The van der Waals surface area contributed by atoms with Crippen molar-refractivity contribution in [3.63, 3.8) is 0 Å². The summed E-state index contributed by atoms with van der Waals surface area (Å²) >= 11 is 0. The molecule has 1 N–H and O–H groups in total. The first-order valence-corrected chi connectivity index (χ1v) is 8.49.